The molecule has 2 aromatic rings. The van der Waals surface area contributed by atoms with Crippen molar-refractivity contribution < 1.29 is 5.11 Å². The molecule has 0 unspecified atom stereocenters. The summed E-state index contributed by atoms with van der Waals surface area (Å²) in [5.74, 6) is 1.18. The molecule has 0 aliphatic rings. The second kappa shape index (κ2) is 9.88. The van der Waals surface area contributed by atoms with Crippen molar-refractivity contribution in [2.75, 3.05) is 6.54 Å². The standard InChI is InChI=1S/C18H25N3OS.HI/c1-5-19-18(21-11-16-7-6-14(4)23-16)20-10-15-8-12(2)17(22)13(3)9-15;/h6-9,22H,5,10-11H2,1-4H3,(H2,19,20,21);1H. The minimum atomic E-state index is 0. The second-order valence-electron chi connectivity index (χ2n) is 5.64. The molecule has 1 aromatic carbocycles. The van der Waals surface area contributed by atoms with Crippen LogP contribution >= 0.6 is 35.3 Å². The molecule has 1 aromatic heterocycles. The van der Waals surface area contributed by atoms with E-state index < -0.39 is 0 Å². The number of benzene rings is 1. The van der Waals surface area contributed by atoms with Crippen LogP contribution in [0.15, 0.2) is 29.3 Å². The molecule has 24 heavy (non-hydrogen) atoms. The molecule has 0 saturated carbocycles. The fraction of sp³-hybridized carbons (Fsp3) is 0.389. The lowest BCUT2D eigenvalue weighted by Crippen LogP contribution is -2.36. The summed E-state index contributed by atoms with van der Waals surface area (Å²) in [6.45, 7) is 10.2. The van der Waals surface area contributed by atoms with Crippen LogP contribution in [0.3, 0.4) is 0 Å². The molecule has 0 fully saturated rings. The van der Waals surface area contributed by atoms with Gasteiger partial charge in [-0.2, -0.15) is 0 Å². The number of hydrogen-bond acceptors (Lipinski definition) is 3. The summed E-state index contributed by atoms with van der Waals surface area (Å²) >= 11 is 1.79. The summed E-state index contributed by atoms with van der Waals surface area (Å²) in [5, 5.41) is 16.5. The highest BCUT2D eigenvalue weighted by Crippen LogP contribution is 2.23. The molecular weight excluding hydrogens is 433 g/mol. The Hall–Kier alpha value is -1.28. The van der Waals surface area contributed by atoms with Crippen molar-refractivity contribution in [2.45, 2.75) is 40.8 Å². The van der Waals surface area contributed by atoms with Crippen molar-refractivity contribution in [2.24, 2.45) is 4.99 Å². The highest BCUT2D eigenvalue weighted by molar-refractivity contribution is 14.0. The van der Waals surface area contributed by atoms with Crippen LogP contribution in [0.5, 0.6) is 5.75 Å². The third-order valence-corrected chi connectivity index (χ3v) is 4.54. The van der Waals surface area contributed by atoms with E-state index in [1.165, 1.54) is 9.75 Å². The third kappa shape index (κ3) is 5.98. The molecule has 0 radical (unpaired) electrons. The van der Waals surface area contributed by atoms with Gasteiger partial charge >= 0.3 is 0 Å². The summed E-state index contributed by atoms with van der Waals surface area (Å²) < 4.78 is 0. The minimum Gasteiger partial charge on any atom is -0.507 e. The van der Waals surface area contributed by atoms with Gasteiger partial charge < -0.3 is 15.7 Å². The minimum absolute atomic E-state index is 0. The normalized spacial score (nSPS) is 11.1. The number of phenolic OH excluding ortho intramolecular Hbond substituents is 1. The van der Waals surface area contributed by atoms with Crippen molar-refractivity contribution in [3.63, 3.8) is 0 Å². The van der Waals surface area contributed by atoms with E-state index in [1.54, 1.807) is 11.3 Å². The summed E-state index contributed by atoms with van der Waals surface area (Å²) in [5.41, 5.74) is 2.88. The first-order valence-corrected chi connectivity index (χ1v) is 8.67. The number of aryl methyl sites for hydroxylation is 3. The van der Waals surface area contributed by atoms with Gasteiger partial charge in [0.1, 0.15) is 5.75 Å². The van der Waals surface area contributed by atoms with Gasteiger partial charge in [0.05, 0.1) is 13.1 Å². The van der Waals surface area contributed by atoms with Crippen molar-refractivity contribution in [3.05, 3.63) is 50.7 Å². The molecule has 4 nitrogen and oxygen atoms in total. The van der Waals surface area contributed by atoms with Gasteiger partial charge in [0.15, 0.2) is 5.96 Å². The van der Waals surface area contributed by atoms with Gasteiger partial charge in [-0.3, -0.25) is 0 Å². The molecular formula is C18H26IN3OS. The number of nitrogens with zero attached hydrogens (tertiary/aromatic N) is 1. The Bertz CT molecular complexity index is 674. The quantitative estimate of drug-likeness (QED) is 0.356. The van der Waals surface area contributed by atoms with Gasteiger partial charge in [0.25, 0.3) is 0 Å². The van der Waals surface area contributed by atoms with Crippen molar-refractivity contribution in [1.82, 2.24) is 10.6 Å². The first-order valence-electron chi connectivity index (χ1n) is 7.86. The van der Waals surface area contributed by atoms with Gasteiger partial charge in [-0.25, -0.2) is 4.99 Å². The van der Waals surface area contributed by atoms with Crippen molar-refractivity contribution in [1.29, 1.82) is 0 Å². The Morgan fingerprint density at radius 3 is 2.33 bits per heavy atom. The first kappa shape index (κ1) is 20.8. The monoisotopic (exact) mass is 459 g/mol. The molecule has 6 heteroatoms. The number of hydrogen-bond donors (Lipinski definition) is 3. The lowest BCUT2D eigenvalue weighted by Gasteiger charge is -2.11. The van der Waals surface area contributed by atoms with Crippen LogP contribution in [-0.4, -0.2) is 17.6 Å². The predicted octanol–water partition coefficient (Wildman–Crippen LogP) is 4.25. The van der Waals surface area contributed by atoms with E-state index in [1.807, 2.05) is 26.0 Å². The molecule has 132 valence electrons. The maximum Gasteiger partial charge on any atom is 0.191 e. The smallest absolute Gasteiger partial charge is 0.191 e. The molecule has 0 aliphatic heterocycles. The number of aliphatic imine (C=N–C) groups is 1. The first-order chi connectivity index (χ1) is 11.0. The highest BCUT2D eigenvalue weighted by atomic mass is 127. The maximum absolute atomic E-state index is 9.85. The molecule has 0 aliphatic carbocycles. The molecule has 0 bridgehead atoms. The number of guanidine groups is 1. The van der Waals surface area contributed by atoms with E-state index in [-0.39, 0.29) is 24.0 Å². The van der Waals surface area contributed by atoms with Crippen LogP contribution in [0.2, 0.25) is 0 Å². The lowest BCUT2D eigenvalue weighted by molar-refractivity contribution is 0.466. The van der Waals surface area contributed by atoms with Crippen LogP contribution in [0, 0.1) is 20.8 Å². The average molecular weight is 459 g/mol. The van der Waals surface area contributed by atoms with Crippen LogP contribution in [-0.2, 0) is 13.1 Å². The van der Waals surface area contributed by atoms with Crippen LogP contribution in [0.25, 0.3) is 0 Å². The van der Waals surface area contributed by atoms with Gasteiger partial charge in [-0.1, -0.05) is 12.1 Å². The van der Waals surface area contributed by atoms with Crippen LogP contribution in [0.1, 0.15) is 33.4 Å². The van der Waals surface area contributed by atoms with E-state index in [4.69, 9.17) is 0 Å². The topological polar surface area (TPSA) is 56.7 Å². The molecule has 3 N–H and O–H groups in total. The Balaban J connectivity index is 0.00000288. The number of thiophene rings is 1. The zero-order valence-electron chi connectivity index (χ0n) is 14.6. The van der Waals surface area contributed by atoms with E-state index in [9.17, 15) is 5.11 Å². The Morgan fingerprint density at radius 2 is 1.79 bits per heavy atom. The summed E-state index contributed by atoms with van der Waals surface area (Å²) in [6, 6.07) is 8.24. The fourth-order valence-corrected chi connectivity index (χ4v) is 3.23. The third-order valence-electron chi connectivity index (χ3n) is 3.54. The van der Waals surface area contributed by atoms with Gasteiger partial charge in [0, 0.05) is 16.3 Å². The van der Waals surface area contributed by atoms with Gasteiger partial charge in [-0.05, 0) is 56.5 Å². The molecule has 2 rings (SSSR count). The molecule has 1 heterocycles. The number of nitrogens with one attached hydrogen (secondary N) is 2. The Labute approximate surface area is 165 Å². The van der Waals surface area contributed by atoms with Crippen molar-refractivity contribution in [3.8, 4) is 5.75 Å². The maximum atomic E-state index is 9.85. The highest BCUT2D eigenvalue weighted by Gasteiger charge is 2.04. The van der Waals surface area contributed by atoms with Crippen LogP contribution in [0.4, 0.5) is 0 Å². The molecule has 0 amide bonds. The van der Waals surface area contributed by atoms with Crippen molar-refractivity contribution >= 4 is 41.3 Å². The Morgan fingerprint density at radius 1 is 1.12 bits per heavy atom. The number of phenols is 1. The Kier molecular flexibility index (Phi) is 8.55. The lowest BCUT2D eigenvalue weighted by atomic mass is 10.1. The van der Waals surface area contributed by atoms with Gasteiger partial charge in [-0.15, -0.1) is 35.3 Å². The second-order valence-corrected chi connectivity index (χ2v) is 7.01. The predicted molar refractivity (Wildman–Crippen MR) is 114 cm³/mol. The van der Waals surface area contributed by atoms with E-state index in [0.717, 1.165) is 35.7 Å². The van der Waals surface area contributed by atoms with E-state index >= 15 is 0 Å². The average Bonchev–Trinajstić information content (AvgIpc) is 2.93. The zero-order chi connectivity index (χ0) is 16.8. The summed E-state index contributed by atoms with van der Waals surface area (Å²) in [6.07, 6.45) is 0. The molecule has 0 saturated heterocycles. The van der Waals surface area contributed by atoms with Gasteiger partial charge in [0.2, 0.25) is 0 Å². The number of halogens is 1. The largest absolute Gasteiger partial charge is 0.507 e. The molecule has 0 atom stereocenters. The van der Waals surface area contributed by atoms with E-state index in [2.05, 4.69) is 41.6 Å². The number of rotatable bonds is 5. The van der Waals surface area contributed by atoms with E-state index in [0.29, 0.717) is 12.3 Å². The summed E-state index contributed by atoms with van der Waals surface area (Å²) in [4.78, 5) is 7.25. The fourth-order valence-electron chi connectivity index (χ4n) is 2.40. The van der Waals surface area contributed by atoms with Crippen LogP contribution < -0.4 is 10.6 Å². The zero-order valence-corrected chi connectivity index (χ0v) is 17.8. The number of aromatic hydroxyl groups is 1. The SMILES string of the molecule is CCNC(=NCc1cc(C)c(O)c(C)c1)NCc1ccc(C)s1.I. The summed E-state index contributed by atoms with van der Waals surface area (Å²) in [7, 11) is 0. The molecule has 0 spiro atoms.